The summed E-state index contributed by atoms with van der Waals surface area (Å²) in [6.07, 6.45) is 1.26. The fourth-order valence-electron chi connectivity index (χ4n) is 1.10. The number of hydrogen-bond donors (Lipinski definition) is 1. The highest BCUT2D eigenvalue weighted by Crippen LogP contribution is 2.35. The SMILES string of the molecule is Nc1ncnc(Sc2cc(F)ccc2F)c1Br. The summed E-state index contributed by atoms with van der Waals surface area (Å²) < 4.78 is 26.9. The number of rotatable bonds is 2. The number of aromatic nitrogens is 2. The van der Waals surface area contributed by atoms with Crippen molar-refractivity contribution >= 4 is 33.5 Å². The standard InChI is InChI=1S/C10H6BrF2N3S/c11-8-9(14)15-4-16-10(8)17-7-3-5(12)1-2-6(7)13/h1-4H,(H2,14,15,16). The molecule has 0 aliphatic heterocycles. The van der Waals surface area contributed by atoms with E-state index in [1.165, 1.54) is 6.33 Å². The van der Waals surface area contributed by atoms with Crippen molar-refractivity contribution < 1.29 is 8.78 Å². The van der Waals surface area contributed by atoms with E-state index in [9.17, 15) is 8.78 Å². The second kappa shape index (κ2) is 4.97. The average Bonchev–Trinajstić information content (AvgIpc) is 2.30. The lowest BCUT2D eigenvalue weighted by molar-refractivity contribution is 0.577. The summed E-state index contributed by atoms with van der Waals surface area (Å²) in [7, 11) is 0. The molecule has 0 radical (unpaired) electrons. The van der Waals surface area contributed by atoms with E-state index in [-0.39, 0.29) is 10.7 Å². The molecule has 1 heterocycles. The van der Waals surface area contributed by atoms with Crippen LogP contribution < -0.4 is 5.73 Å². The first-order valence-corrected chi connectivity index (χ1v) is 6.08. The first-order valence-electron chi connectivity index (χ1n) is 4.47. The first-order chi connectivity index (χ1) is 8.08. The minimum absolute atomic E-state index is 0.142. The number of anilines is 1. The van der Waals surface area contributed by atoms with Gasteiger partial charge in [-0.1, -0.05) is 11.8 Å². The van der Waals surface area contributed by atoms with Gasteiger partial charge < -0.3 is 5.73 Å². The number of benzene rings is 1. The highest BCUT2D eigenvalue weighted by atomic mass is 79.9. The Bertz CT molecular complexity index is 565. The van der Waals surface area contributed by atoms with E-state index in [0.717, 1.165) is 30.0 Å². The molecule has 3 nitrogen and oxygen atoms in total. The van der Waals surface area contributed by atoms with Gasteiger partial charge in [0.05, 0.1) is 9.37 Å². The van der Waals surface area contributed by atoms with Crippen molar-refractivity contribution in [1.82, 2.24) is 9.97 Å². The van der Waals surface area contributed by atoms with Crippen molar-refractivity contribution in [3.63, 3.8) is 0 Å². The Hall–Kier alpha value is -1.21. The molecular weight excluding hydrogens is 312 g/mol. The molecule has 2 aromatic rings. The van der Waals surface area contributed by atoms with Crippen molar-refractivity contribution in [2.24, 2.45) is 0 Å². The van der Waals surface area contributed by atoms with Gasteiger partial charge in [-0.25, -0.2) is 18.7 Å². The van der Waals surface area contributed by atoms with Crippen molar-refractivity contribution in [3.05, 3.63) is 40.6 Å². The maximum Gasteiger partial charge on any atom is 0.142 e. The number of nitrogen functional groups attached to an aromatic ring is 1. The van der Waals surface area contributed by atoms with E-state index >= 15 is 0 Å². The highest BCUT2D eigenvalue weighted by Gasteiger charge is 2.11. The number of nitrogens with two attached hydrogens (primary N) is 1. The van der Waals surface area contributed by atoms with E-state index in [1.807, 2.05) is 0 Å². The topological polar surface area (TPSA) is 51.8 Å². The third-order valence-electron chi connectivity index (χ3n) is 1.88. The van der Waals surface area contributed by atoms with E-state index in [2.05, 4.69) is 25.9 Å². The molecule has 0 unspecified atom stereocenters. The zero-order chi connectivity index (χ0) is 12.4. The predicted octanol–water partition coefficient (Wildman–Crippen LogP) is 3.25. The third-order valence-corrected chi connectivity index (χ3v) is 3.96. The average molecular weight is 318 g/mol. The maximum absolute atomic E-state index is 13.4. The summed E-state index contributed by atoms with van der Waals surface area (Å²) in [6.45, 7) is 0. The lowest BCUT2D eigenvalue weighted by atomic mass is 10.3. The zero-order valence-corrected chi connectivity index (χ0v) is 10.7. The maximum atomic E-state index is 13.4. The second-order valence-electron chi connectivity index (χ2n) is 3.05. The van der Waals surface area contributed by atoms with Crippen LogP contribution in [0, 0.1) is 11.6 Å². The summed E-state index contributed by atoms with van der Waals surface area (Å²) in [4.78, 5) is 7.84. The normalized spacial score (nSPS) is 10.5. The Kier molecular flexibility index (Phi) is 3.58. The molecule has 0 atom stereocenters. The molecule has 0 bridgehead atoms. The van der Waals surface area contributed by atoms with Gasteiger partial charge in [-0.05, 0) is 34.1 Å². The monoisotopic (exact) mass is 317 g/mol. The molecule has 2 N–H and O–H groups in total. The van der Waals surface area contributed by atoms with Crippen LogP contribution in [0.5, 0.6) is 0 Å². The molecule has 0 fully saturated rings. The van der Waals surface area contributed by atoms with Crippen LogP contribution in [0.3, 0.4) is 0 Å². The Morgan fingerprint density at radius 3 is 2.76 bits per heavy atom. The molecule has 1 aromatic heterocycles. The van der Waals surface area contributed by atoms with Crippen LogP contribution in [0.15, 0.2) is 38.9 Å². The van der Waals surface area contributed by atoms with E-state index in [4.69, 9.17) is 5.73 Å². The molecule has 17 heavy (non-hydrogen) atoms. The third kappa shape index (κ3) is 2.73. The fourth-order valence-corrected chi connectivity index (χ4v) is 2.38. The van der Waals surface area contributed by atoms with Gasteiger partial charge in [0, 0.05) is 0 Å². The van der Waals surface area contributed by atoms with Gasteiger partial charge in [0.25, 0.3) is 0 Å². The largest absolute Gasteiger partial charge is 0.383 e. The second-order valence-corrected chi connectivity index (χ2v) is 4.88. The fraction of sp³-hybridized carbons (Fsp3) is 0. The smallest absolute Gasteiger partial charge is 0.142 e. The lowest BCUT2D eigenvalue weighted by Gasteiger charge is -2.05. The van der Waals surface area contributed by atoms with Crippen LogP contribution in [-0.4, -0.2) is 9.97 Å². The van der Waals surface area contributed by atoms with Gasteiger partial charge in [0.15, 0.2) is 0 Å². The van der Waals surface area contributed by atoms with Crippen LogP contribution in [0.4, 0.5) is 14.6 Å². The molecule has 0 saturated heterocycles. The lowest BCUT2D eigenvalue weighted by Crippen LogP contribution is -1.95. The minimum atomic E-state index is -0.513. The van der Waals surface area contributed by atoms with Gasteiger partial charge in [-0.3, -0.25) is 0 Å². The van der Waals surface area contributed by atoms with Crippen LogP contribution >= 0.6 is 27.7 Å². The van der Waals surface area contributed by atoms with Crippen LogP contribution in [-0.2, 0) is 0 Å². The summed E-state index contributed by atoms with van der Waals surface area (Å²) >= 11 is 4.17. The molecule has 1 aromatic carbocycles. The van der Waals surface area contributed by atoms with Crippen LogP contribution in [0.2, 0.25) is 0 Å². The van der Waals surface area contributed by atoms with Gasteiger partial charge in [-0.2, -0.15) is 0 Å². The molecule has 2 rings (SSSR count). The number of nitrogens with zero attached hydrogens (tertiary/aromatic N) is 2. The minimum Gasteiger partial charge on any atom is -0.383 e. The first kappa shape index (κ1) is 12.3. The van der Waals surface area contributed by atoms with Gasteiger partial charge in [-0.15, -0.1) is 0 Å². The summed E-state index contributed by atoms with van der Waals surface area (Å²) in [6, 6.07) is 3.23. The quantitative estimate of drug-likeness (QED) is 0.864. The van der Waals surface area contributed by atoms with Crippen LogP contribution in [0.1, 0.15) is 0 Å². The molecule has 88 valence electrons. The predicted molar refractivity (Wildman–Crippen MR) is 64.6 cm³/mol. The highest BCUT2D eigenvalue weighted by molar-refractivity contribution is 9.10. The molecule has 0 amide bonds. The molecule has 0 aliphatic rings. The van der Waals surface area contributed by atoms with E-state index < -0.39 is 11.6 Å². The zero-order valence-electron chi connectivity index (χ0n) is 8.32. The van der Waals surface area contributed by atoms with Crippen molar-refractivity contribution in [1.29, 1.82) is 0 Å². The van der Waals surface area contributed by atoms with Crippen LogP contribution in [0.25, 0.3) is 0 Å². The van der Waals surface area contributed by atoms with Crippen molar-refractivity contribution in [2.75, 3.05) is 5.73 Å². The molecule has 0 spiro atoms. The molecule has 0 aliphatic carbocycles. The van der Waals surface area contributed by atoms with E-state index in [1.54, 1.807) is 0 Å². The van der Waals surface area contributed by atoms with Crippen molar-refractivity contribution in [3.8, 4) is 0 Å². The number of halogens is 3. The van der Waals surface area contributed by atoms with Gasteiger partial charge >= 0.3 is 0 Å². The Labute approximate surface area is 109 Å². The number of hydrogen-bond acceptors (Lipinski definition) is 4. The summed E-state index contributed by atoms with van der Waals surface area (Å²) in [5, 5.41) is 0.432. The molecular formula is C10H6BrF2N3S. The Morgan fingerprint density at radius 1 is 1.24 bits per heavy atom. The summed E-state index contributed by atoms with van der Waals surface area (Å²) in [5.41, 5.74) is 5.56. The van der Waals surface area contributed by atoms with E-state index in [0.29, 0.717) is 9.50 Å². The van der Waals surface area contributed by atoms with Gasteiger partial charge in [0.1, 0.15) is 28.8 Å². The Balaban J connectivity index is 2.38. The van der Waals surface area contributed by atoms with Crippen molar-refractivity contribution in [2.45, 2.75) is 9.92 Å². The summed E-state index contributed by atoms with van der Waals surface area (Å²) in [5.74, 6) is -0.771. The van der Waals surface area contributed by atoms with Gasteiger partial charge in [0.2, 0.25) is 0 Å². The molecule has 0 saturated carbocycles. The Morgan fingerprint density at radius 2 is 2.00 bits per heavy atom. The molecule has 7 heteroatoms.